The molecule has 1 atom stereocenters. The van der Waals surface area contributed by atoms with Gasteiger partial charge in [0.2, 0.25) is 0 Å². The molecule has 196 valence electrons. The van der Waals surface area contributed by atoms with Crippen molar-refractivity contribution in [3.05, 3.63) is 71.4 Å². The van der Waals surface area contributed by atoms with Gasteiger partial charge in [-0.2, -0.15) is 0 Å². The highest BCUT2D eigenvalue weighted by Crippen LogP contribution is 2.26. The van der Waals surface area contributed by atoms with Crippen LogP contribution in [0.15, 0.2) is 54.7 Å². The summed E-state index contributed by atoms with van der Waals surface area (Å²) < 4.78 is 8.61. The molecule has 3 aromatic rings. The van der Waals surface area contributed by atoms with Crippen molar-refractivity contribution in [3.8, 4) is 0 Å². The average molecular weight is 492 g/mol. The molecule has 0 amide bonds. The first kappa shape index (κ1) is 28.0. The molecule has 0 aliphatic heterocycles. The number of aromatic nitrogens is 1. The molecule has 4 nitrogen and oxygen atoms in total. The molecule has 0 bridgehead atoms. The second-order valence-electron chi connectivity index (χ2n) is 10.5. The van der Waals surface area contributed by atoms with Gasteiger partial charge in [0.05, 0.1) is 6.10 Å². The number of aryl methyl sites for hydroxylation is 2. The Labute approximate surface area is 217 Å². The van der Waals surface area contributed by atoms with Crippen LogP contribution in [0.3, 0.4) is 0 Å². The maximum absolute atomic E-state index is 10.9. The maximum Gasteiger partial charge on any atom is 0.303 e. The van der Waals surface area contributed by atoms with Crippen LogP contribution in [0, 0.1) is 5.92 Å². The summed E-state index contributed by atoms with van der Waals surface area (Å²) >= 11 is 0. The van der Waals surface area contributed by atoms with Crippen LogP contribution in [0.4, 0.5) is 0 Å². The number of hydrogen-bond donors (Lipinski definition) is 1. The number of carboxylic acids is 1. The third kappa shape index (κ3) is 8.81. The minimum absolute atomic E-state index is 0.196. The lowest BCUT2D eigenvalue weighted by Crippen LogP contribution is -2.06. The van der Waals surface area contributed by atoms with Gasteiger partial charge >= 0.3 is 5.97 Å². The summed E-state index contributed by atoms with van der Waals surface area (Å²) in [6, 6.07) is 17.6. The summed E-state index contributed by atoms with van der Waals surface area (Å²) in [6.45, 7) is 8.33. The highest BCUT2D eigenvalue weighted by Gasteiger charge is 2.13. The zero-order valence-electron chi connectivity index (χ0n) is 22.5. The van der Waals surface area contributed by atoms with Gasteiger partial charge in [0.15, 0.2) is 0 Å². The van der Waals surface area contributed by atoms with Crippen LogP contribution in [0.2, 0.25) is 0 Å². The van der Waals surface area contributed by atoms with Crippen molar-refractivity contribution in [1.82, 2.24) is 4.57 Å². The molecule has 36 heavy (non-hydrogen) atoms. The molecule has 1 heterocycles. The van der Waals surface area contributed by atoms with Crippen LogP contribution in [-0.2, 0) is 28.9 Å². The Balaban J connectivity index is 1.47. The topological polar surface area (TPSA) is 51.5 Å². The largest absolute Gasteiger partial charge is 0.481 e. The van der Waals surface area contributed by atoms with Crippen molar-refractivity contribution in [3.63, 3.8) is 0 Å². The quantitative estimate of drug-likeness (QED) is 0.193. The summed E-state index contributed by atoms with van der Waals surface area (Å²) in [4.78, 5) is 10.9. The van der Waals surface area contributed by atoms with Crippen LogP contribution in [0.25, 0.3) is 10.9 Å². The van der Waals surface area contributed by atoms with E-state index in [1.54, 1.807) is 0 Å². The summed E-state index contributed by atoms with van der Waals surface area (Å²) in [5, 5.41) is 10.3. The van der Waals surface area contributed by atoms with Gasteiger partial charge in [-0.15, -0.1) is 0 Å². The van der Waals surface area contributed by atoms with E-state index in [2.05, 4.69) is 80.1 Å². The minimum Gasteiger partial charge on any atom is -0.481 e. The lowest BCUT2D eigenvalue weighted by Gasteiger charge is -2.19. The summed E-state index contributed by atoms with van der Waals surface area (Å²) in [6.07, 6.45) is 12.3. The highest BCUT2D eigenvalue weighted by atomic mass is 16.5. The Kier molecular flexibility index (Phi) is 11.5. The molecular formula is C32H45NO3. The number of aliphatic carboxylic acids is 1. The number of hydrogen-bond acceptors (Lipinski definition) is 2. The Morgan fingerprint density at radius 1 is 0.972 bits per heavy atom. The van der Waals surface area contributed by atoms with E-state index in [1.165, 1.54) is 40.4 Å². The molecule has 0 aliphatic carbocycles. The lowest BCUT2D eigenvalue weighted by atomic mass is 9.98. The van der Waals surface area contributed by atoms with E-state index in [4.69, 9.17) is 9.84 Å². The third-order valence-electron chi connectivity index (χ3n) is 6.89. The van der Waals surface area contributed by atoms with Crippen molar-refractivity contribution in [2.75, 3.05) is 6.61 Å². The van der Waals surface area contributed by atoms with Crippen LogP contribution < -0.4 is 0 Å². The molecule has 1 aromatic heterocycles. The van der Waals surface area contributed by atoms with Gasteiger partial charge in [-0.05, 0) is 67.2 Å². The molecule has 0 spiro atoms. The van der Waals surface area contributed by atoms with Gasteiger partial charge in [-0.1, -0.05) is 82.5 Å². The van der Waals surface area contributed by atoms with E-state index in [9.17, 15) is 4.79 Å². The van der Waals surface area contributed by atoms with Crippen molar-refractivity contribution < 1.29 is 14.6 Å². The first-order valence-corrected chi connectivity index (χ1v) is 14.0. The second kappa shape index (κ2) is 14.8. The summed E-state index contributed by atoms with van der Waals surface area (Å²) in [5.41, 5.74) is 5.29. The zero-order chi connectivity index (χ0) is 25.8. The molecule has 2 aromatic carbocycles. The number of para-hydroxylation sites is 1. The van der Waals surface area contributed by atoms with Crippen LogP contribution in [0.5, 0.6) is 0 Å². The van der Waals surface area contributed by atoms with Gasteiger partial charge < -0.3 is 14.4 Å². The fraction of sp³-hybridized carbons (Fsp3) is 0.531. The molecular weight excluding hydrogens is 446 g/mol. The maximum atomic E-state index is 10.9. The molecule has 4 heteroatoms. The van der Waals surface area contributed by atoms with Crippen LogP contribution >= 0.6 is 0 Å². The number of carbonyl (C=O) groups is 1. The summed E-state index contributed by atoms with van der Waals surface area (Å²) in [5.74, 6) is -0.0505. The van der Waals surface area contributed by atoms with Gasteiger partial charge in [0.25, 0.3) is 0 Å². The molecule has 1 unspecified atom stereocenters. The van der Waals surface area contributed by atoms with Crippen molar-refractivity contribution in [1.29, 1.82) is 0 Å². The minimum atomic E-state index is -0.728. The molecule has 0 saturated heterocycles. The van der Waals surface area contributed by atoms with Crippen molar-refractivity contribution in [2.24, 2.45) is 5.92 Å². The van der Waals surface area contributed by atoms with E-state index in [0.717, 1.165) is 51.7 Å². The van der Waals surface area contributed by atoms with Crippen molar-refractivity contribution in [2.45, 2.75) is 97.6 Å². The monoisotopic (exact) mass is 491 g/mol. The Bertz CT molecular complexity index is 1050. The fourth-order valence-corrected chi connectivity index (χ4v) is 5.00. The zero-order valence-corrected chi connectivity index (χ0v) is 22.5. The fourth-order valence-electron chi connectivity index (χ4n) is 5.00. The standard InChI is InChI=1S/C32H45NO3/c1-4-5-15-31(27-19-17-26(18-20-27)23-25(2)3)36-22-10-6-7-12-28-24-33(21-11-16-32(34)35)30-14-9-8-13-29(28)30/h8-9,13-14,17-20,24-25,31H,4-7,10-12,15-16,21-23H2,1-3H3,(H,34,35). The van der Waals surface area contributed by atoms with Gasteiger partial charge in [-0.25, -0.2) is 0 Å². The van der Waals surface area contributed by atoms with Crippen LogP contribution in [0.1, 0.15) is 94.9 Å². The van der Waals surface area contributed by atoms with Gasteiger partial charge in [0, 0.05) is 36.7 Å². The number of rotatable bonds is 17. The highest BCUT2D eigenvalue weighted by molar-refractivity contribution is 5.84. The Morgan fingerprint density at radius 2 is 1.75 bits per heavy atom. The van der Waals surface area contributed by atoms with Gasteiger partial charge in [-0.3, -0.25) is 4.79 Å². The average Bonchev–Trinajstić information content (AvgIpc) is 3.21. The normalized spacial score (nSPS) is 12.4. The first-order valence-electron chi connectivity index (χ1n) is 14.0. The predicted molar refractivity (Wildman–Crippen MR) is 150 cm³/mol. The van der Waals surface area contributed by atoms with Gasteiger partial charge in [0.1, 0.15) is 0 Å². The SMILES string of the molecule is CCCCC(OCCCCCc1cn(CCCC(=O)O)c2ccccc12)c1ccc(CC(C)C)cc1. The third-order valence-corrected chi connectivity index (χ3v) is 6.89. The number of ether oxygens (including phenoxy) is 1. The van der Waals surface area contributed by atoms with E-state index >= 15 is 0 Å². The molecule has 0 saturated carbocycles. The molecule has 0 radical (unpaired) electrons. The number of carboxylic acid groups (broad SMARTS) is 1. The molecule has 1 N–H and O–H groups in total. The molecule has 0 aliphatic rings. The van der Waals surface area contributed by atoms with E-state index in [1.807, 2.05) is 0 Å². The summed E-state index contributed by atoms with van der Waals surface area (Å²) in [7, 11) is 0. The van der Waals surface area contributed by atoms with E-state index in [-0.39, 0.29) is 12.5 Å². The molecule has 3 rings (SSSR count). The number of benzene rings is 2. The van der Waals surface area contributed by atoms with Crippen molar-refractivity contribution >= 4 is 16.9 Å². The number of nitrogens with zero attached hydrogens (tertiary/aromatic N) is 1. The Morgan fingerprint density at radius 3 is 2.47 bits per heavy atom. The van der Waals surface area contributed by atoms with E-state index in [0.29, 0.717) is 12.3 Å². The number of unbranched alkanes of at least 4 members (excludes halogenated alkanes) is 3. The molecule has 0 fully saturated rings. The first-order chi connectivity index (χ1) is 17.5. The van der Waals surface area contributed by atoms with Crippen LogP contribution in [-0.4, -0.2) is 22.2 Å². The van der Waals surface area contributed by atoms with E-state index < -0.39 is 5.97 Å². The Hall–Kier alpha value is -2.59. The smallest absolute Gasteiger partial charge is 0.303 e. The lowest BCUT2D eigenvalue weighted by molar-refractivity contribution is -0.137. The number of fused-ring (bicyclic) bond motifs is 1. The second-order valence-corrected chi connectivity index (χ2v) is 10.5. The predicted octanol–water partition coefficient (Wildman–Crippen LogP) is 8.37.